The molecule has 0 unspecified atom stereocenters. The van der Waals surface area contributed by atoms with Crippen molar-refractivity contribution in [3.8, 4) is 0 Å². The maximum atomic E-state index is 11.5. The van der Waals surface area contributed by atoms with E-state index in [2.05, 4.69) is 15.6 Å². The predicted octanol–water partition coefficient (Wildman–Crippen LogP) is 0.784. The Balaban J connectivity index is 1.86. The van der Waals surface area contributed by atoms with E-state index < -0.39 is 11.7 Å². The van der Waals surface area contributed by atoms with Crippen molar-refractivity contribution in [2.75, 3.05) is 6.61 Å². The second-order valence-electron chi connectivity index (χ2n) is 5.89. The summed E-state index contributed by atoms with van der Waals surface area (Å²) in [6.07, 6.45) is 3.09. The fourth-order valence-electron chi connectivity index (χ4n) is 1.69. The summed E-state index contributed by atoms with van der Waals surface area (Å²) in [4.78, 5) is 11.5. The van der Waals surface area contributed by atoms with Gasteiger partial charge in [0.05, 0.1) is 24.9 Å². The number of hydrogen-bond donors (Lipinski definition) is 2. The van der Waals surface area contributed by atoms with Crippen LogP contribution in [0.5, 0.6) is 0 Å². The van der Waals surface area contributed by atoms with E-state index in [0.29, 0.717) is 5.69 Å². The van der Waals surface area contributed by atoms with Gasteiger partial charge in [0.15, 0.2) is 0 Å². The smallest absolute Gasteiger partial charge is 0.407 e. The molecule has 0 atom stereocenters. The molecule has 1 fully saturated rings. The standard InChI is InChI=1S/C12H20N4O3/c1-11(2,3)19-10(18)13-6-9-7-16(15-14-9)12(8-17)4-5-12/h7,17H,4-6,8H2,1-3H3,(H,13,18). The summed E-state index contributed by atoms with van der Waals surface area (Å²) < 4.78 is 6.80. The monoisotopic (exact) mass is 268 g/mol. The van der Waals surface area contributed by atoms with Gasteiger partial charge in [-0.1, -0.05) is 5.21 Å². The molecule has 0 aliphatic heterocycles. The van der Waals surface area contributed by atoms with Crippen LogP contribution in [0.3, 0.4) is 0 Å². The Hall–Kier alpha value is -1.63. The SMILES string of the molecule is CC(C)(C)OC(=O)NCc1cn(C2(CO)CC2)nn1. The highest BCUT2D eigenvalue weighted by molar-refractivity contribution is 5.67. The first-order valence-corrected chi connectivity index (χ1v) is 6.34. The van der Waals surface area contributed by atoms with E-state index in [1.165, 1.54) is 0 Å². The number of nitrogens with zero attached hydrogens (tertiary/aromatic N) is 3. The van der Waals surface area contributed by atoms with Crippen LogP contribution in [0.1, 0.15) is 39.3 Å². The van der Waals surface area contributed by atoms with Crippen molar-refractivity contribution >= 4 is 6.09 Å². The number of nitrogens with one attached hydrogen (secondary N) is 1. The molecular formula is C12H20N4O3. The largest absolute Gasteiger partial charge is 0.444 e. The molecular weight excluding hydrogens is 248 g/mol. The van der Waals surface area contributed by atoms with E-state index in [0.717, 1.165) is 12.8 Å². The van der Waals surface area contributed by atoms with Crippen LogP contribution < -0.4 is 5.32 Å². The first-order chi connectivity index (χ1) is 8.85. The molecule has 1 saturated carbocycles. The lowest BCUT2D eigenvalue weighted by Crippen LogP contribution is -2.32. The van der Waals surface area contributed by atoms with E-state index in [-0.39, 0.29) is 18.7 Å². The van der Waals surface area contributed by atoms with Crippen molar-refractivity contribution in [2.24, 2.45) is 0 Å². The number of aromatic nitrogens is 3. The van der Waals surface area contributed by atoms with Crippen LogP contribution in [0.15, 0.2) is 6.20 Å². The summed E-state index contributed by atoms with van der Waals surface area (Å²) in [5.74, 6) is 0. The molecule has 1 aromatic rings. The van der Waals surface area contributed by atoms with Gasteiger partial charge in [-0.05, 0) is 33.6 Å². The molecule has 0 aromatic carbocycles. The molecule has 1 aromatic heterocycles. The van der Waals surface area contributed by atoms with Crippen LogP contribution in [0.2, 0.25) is 0 Å². The number of aliphatic hydroxyl groups excluding tert-OH is 1. The highest BCUT2D eigenvalue weighted by Crippen LogP contribution is 2.42. The van der Waals surface area contributed by atoms with Crippen molar-refractivity contribution in [3.05, 3.63) is 11.9 Å². The van der Waals surface area contributed by atoms with E-state index in [4.69, 9.17) is 4.74 Å². The second-order valence-corrected chi connectivity index (χ2v) is 5.89. The van der Waals surface area contributed by atoms with Crippen molar-refractivity contribution < 1.29 is 14.6 Å². The first-order valence-electron chi connectivity index (χ1n) is 6.34. The average molecular weight is 268 g/mol. The number of carbonyl (C=O) groups is 1. The Morgan fingerprint density at radius 3 is 2.79 bits per heavy atom. The molecule has 7 nitrogen and oxygen atoms in total. The van der Waals surface area contributed by atoms with Crippen molar-refractivity contribution in [1.29, 1.82) is 0 Å². The summed E-state index contributed by atoms with van der Waals surface area (Å²) in [5.41, 5.74) is -0.140. The van der Waals surface area contributed by atoms with E-state index in [9.17, 15) is 9.90 Å². The molecule has 7 heteroatoms. The normalized spacial score (nSPS) is 17.1. The number of rotatable bonds is 4. The molecule has 1 aliphatic rings. The zero-order valence-corrected chi connectivity index (χ0v) is 11.5. The van der Waals surface area contributed by atoms with Gasteiger partial charge in [-0.2, -0.15) is 0 Å². The number of hydrogen-bond acceptors (Lipinski definition) is 5. The van der Waals surface area contributed by atoms with Crippen LogP contribution in [-0.2, 0) is 16.8 Å². The van der Waals surface area contributed by atoms with Gasteiger partial charge in [0.25, 0.3) is 0 Å². The minimum atomic E-state index is -0.517. The quantitative estimate of drug-likeness (QED) is 0.842. The van der Waals surface area contributed by atoms with Crippen LogP contribution >= 0.6 is 0 Å². The third-order valence-corrected chi connectivity index (χ3v) is 2.96. The van der Waals surface area contributed by atoms with Gasteiger partial charge >= 0.3 is 6.09 Å². The lowest BCUT2D eigenvalue weighted by Gasteiger charge is -2.19. The van der Waals surface area contributed by atoms with Crippen LogP contribution in [0, 0.1) is 0 Å². The van der Waals surface area contributed by atoms with Crippen molar-refractivity contribution in [2.45, 2.75) is 51.3 Å². The third kappa shape index (κ3) is 3.44. The Labute approximate surface area is 111 Å². The summed E-state index contributed by atoms with van der Waals surface area (Å²) in [5, 5.41) is 19.9. The van der Waals surface area contributed by atoms with Gasteiger partial charge in [0.2, 0.25) is 0 Å². The van der Waals surface area contributed by atoms with Gasteiger partial charge in [0.1, 0.15) is 11.3 Å². The Kier molecular flexibility index (Phi) is 3.49. The summed E-state index contributed by atoms with van der Waals surface area (Å²) >= 11 is 0. The van der Waals surface area contributed by atoms with Crippen molar-refractivity contribution in [1.82, 2.24) is 20.3 Å². The minimum absolute atomic E-state index is 0.0648. The van der Waals surface area contributed by atoms with Crippen molar-refractivity contribution in [3.63, 3.8) is 0 Å². The Morgan fingerprint density at radius 1 is 1.58 bits per heavy atom. The molecule has 106 valence electrons. The van der Waals surface area contributed by atoms with Crippen LogP contribution in [0.25, 0.3) is 0 Å². The Bertz CT molecular complexity index is 460. The predicted molar refractivity (Wildman–Crippen MR) is 67.4 cm³/mol. The number of amides is 1. The lowest BCUT2D eigenvalue weighted by molar-refractivity contribution is 0.0523. The van der Waals surface area contributed by atoms with Gasteiger partial charge in [-0.25, -0.2) is 9.48 Å². The molecule has 1 heterocycles. The fourth-order valence-corrected chi connectivity index (χ4v) is 1.69. The first kappa shape index (κ1) is 13.8. The summed E-state index contributed by atoms with van der Waals surface area (Å²) in [7, 11) is 0. The molecule has 2 N–H and O–H groups in total. The minimum Gasteiger partial charge on any atom is -0.444 e. The van der Waals surface area contributed by atoms with Gasteiger partial charge in [-0.3, -0.25) is 0 Å². The molecule has 2 rings (SSSR count). The van der Waals surface area contributed by atoms with E-state index in [1.54, 1.807) is 31.6 Å². The molecule has 1 amide bonds. The molecule has 0 bridgehead atoms. The zero-order valence-electron chi connectivity index (χ0n) is 11.5. The van der Waals surface area contributed by atoms with E-state index in [1.807, 2.05) is 0 Å². The molecule has 19 heavy (non-hydrogen) atoms. The van der Waals surface area contributed by atoms with Crippen LogP contribution in [-0.4, -0.2) is 38.4 Å². The van der Waals surface area contributed by atoms with Gasteiger partial charge in [0, 0.05) is 0 Å². The van der Waals surface area contributed by atoms with Crippen LogP contribution in [0.4, 0.5) is 4.79 Å². The maximum absolute atomic E-state index is 11.5. The van der Waals surface area contributed by atoms with Gasteiger partial charge in [-0.15, -0.1) is 5.10 Å². The number of aliphatic hydroxyl groups is 1. The molecule has 0 spiro atoms. The highest BCUT2D eigenvalue weighted by atomic mass is 16.6. The van der Waals surface area contributed by atoms with Gasteiger partial charge < -0.3 is 15.2 Å². The molecule has 1 aliphatic carbocycles. The number of ether oxygens (including phenoxy) is 1. The zero-order chi connectivity index (χ0) is 14.1. The number of alkyl carbamates (subject to hydrolysis) is 1. The fraction of sp³-hybridized carbons (Fsp3) is 0.750. The van der Waals surface area contributed by atoms with E-state index >= 15 is 0 Å². The Morgan fingerprint density at radius 2 is 2.26 bits per heavy atom. The molecule has 0 radical (unpaired) electrons. The third-order valence-electron chi connectivity index (χ3n) is 2.96. The topological polar surface area (TPSA) is 89.3 Å². The second kappa shape index (κ2) is 4.80. The summed E-state index contributed by atoms with van der Waals surface area (Å²) in [6, 6.07) is 0. The molecule has 0 saturated heterocycles. The maximum Gasteiger partial charge on any atom is 0.407 e. The highest BCUT2D eigenvalue weighted by Gasteiger charge is 2.45. The summed E-state index contributed by atoms with van der Waals surface area (Å²) in [6.45, 7) is 5.74. The average Bonchev–Trinajstić information content (AvgIpc) is 2.96. The number of carbonyl (C=O) groups excluding carboxylic acids is 1. The lowest BCUT2D eigenvalue weighted by atomic mass is 10.2.